The van der Waals surface area contributed by atoms with Gasteiger partial charge in [0, 0.05) is 12.1 Å². The van der Waals surface area contributed by atoms with E-state index in [1.165, 1.54) is 0 Å². The predicted octanol–water partition coefficient (Wildman–Crippen LogP) is 2.32. The van der Waals surface area contributed by atoms with E-state index in [9.17, 15) is 4.79 Å². The maximum Gasteiger partial charge on any atom is 0.253 e. The zero-order valence-electron chi connectivity index (χ0n) is 10.1. The Morgan fingerprint density at radius 3 is 2.94 bits per heavy atom. The third-order valence-corrected chi connectivity index (χ3v) is 3.23. The largest absolute Gasteiger partial charge is 0.496 e. The van der Waals surface area contributed by atoms with E-state index < -0.39 is 0 Å². The molecular formula is C13H15ClN2O2. The van der Waals surface area contributed by atoms with Crippen molar-refractivity contribution in [2.24, 2.45) is 0 Å². The van der Waals surface area contributed by atoms with Gasteiger partial charge in [0.05, 0.1) is 23.7 Å². The highest BCUT2D eigenvalue weighted by atomic mass is 35.5. The van der Waals surface area contributed by atoms with Crippen LogP contribution in [0.1, 0.15) is 12.0 Å². The minimum Gasteiger partial charge on any atom is -0.496 e. The fourth-order valence-corrected chi connectivity index (χ4v) is 2.44. The Bertz CT molecular complexity index is 637. The van der Waals surface area contributed by atoms with E-state index in [2.05, 4.69) is 10.3 Å². The number of hydrogen-bond donors (Lipinski definition) is 2. The van der Waals surface area contributed by atoms with Gasteiger partial charge in [0.15, 0.2) is 0 Å². The van der Waals surface area contributed by atoms with Gasteiger partial charge in [-0.1, -0.05) is 6.07 Å². The first-order valence-electron chi connectivity index (χ1n) is 5.77. The number of pyridine rings is 1. The third kappa shape index (κ3) is 1.82. The molecule has 0 bridgehead atoms. The Kier molecular flexibility index (Phi) is 3.48. The van der Waals surface area contributed by atoms with Gasteiger partial charge in [0.1, 0.15) is 5.75 Å². The highest BCUT2D eigenvalue weighted by Gasteiger charge is 2.18. The number of benzene rings is 1. The lowest BCUT2D eigenvalue weighted by molar-refractivity contribution is 0.420. The van der Waals surface area contributed by atoms with Gasteiger partial charge in [-0.3, -0.25) is 4.79 Å². The zero-order valence-corrected chi connectivity index (χ0v) is 10.9. The number of nitrogens with one attached hydrogen (secondary N) is 2. The number of hydrogen-bond acceptors (Lipinski definition) is 3. The molecule has 2 aromatic rings. The van der Waals surface area contributed by atoms with E-state index in [0.29, 0.717) is 0 Å². The Balaban J connectivity index is 0.00000120. The van der Waals surface area contributed by atoms with Crippen LogP contribution in [0.5, 0.6) is 5.75 Å². The first-order valence-corrected chi connectivity index (χ1v) is 5.77. The summed E-state index contributed by atoms with van der Waals surface area (Å²) >= 11 is 0. The van der Waals surface area contributed by atoms with Crippen LogP contribution in [0.3, 0.4) is 0 Å². The molecular weight excluding hydrogens is 252 g/mol. The molecule has 1 aromatic heterocycles. The van der Waals surface area contributed by atoms with Gasteiger partial charge < -0.3 is 15.0 Å². The summed E-state index contributed by atoms with van der Waals surface area (Å²) in [5, 5.41) is 4.30. The standard InChI is InChI=1S/C13H14N2O2.ClH/c1-17-10-6-2-5-9-11(10)12-8(13(16)15-9)4-3-7-14-12;/h2,5-6,14H,3-4,7H2,1H3,(H,15,16);1H. The second kappa shape index (κ2) is 4.90. The number of halogens is 1. The van der Waals surface area contributed by atoms with Crippen molar-refractivity contribution in [3.8, 4) is 5.75 Å². The highest BCUT2D eigenvalue weighted by molar-refractivity contribution is 5.98. The lowest BCUT2D eigenvalue weighted by Gasteiger charge is -2.20. The molecule has 0 unspecified atom stereocenters. The van der Waals surface area contributed by atoms with Gasteiger partial charge in [-0.25, -0.2) is 0 Å². The molecule has 0 saturated heterocycles. The summed E-state index contributed by atoms with van der Waals surface area (Å²) in [6.45, 7) is 0.906. The number of aromatic nitrogens is 1. The fourth-order valence-electron chi connectivity index (χ4n) is 2.44. The summed E-state index contributed by atoms with van der Waals surface area (Å²) in [6.07, 6.45) is 1.82. The molecule has 0 radical (unpaired) electrons. The second-order valence-electron chi connectivity index (χ2n) is 4.22. The summed E-state index contributed by atoms with van der Waals surface area (Å²) in [5.41, 5.74) is 2.61. The lowest BCUT2D eigenvalue weighted by Crippen LogP contribution is -2.22. The average molecular weight is 267 g/mol. The SMILES string of the molecule is COc1cccc2[nH]c(=O)c3c(c12)NCCC3.Cl. The van der Waals surface area contributed by atoms with Crippen molar-refractivity contribution in [2.75, 3.05) is 19.0 Å². The molecule has 4 nitrogen and oxygen atoms in total. The maximum absolute atomic E-state index is 11.9. The molecule has 2 N–H and O–H groups in total. The van der Waals surface area contributed by atoms with Crippen molar-refractivity contribution in [1.82, 2.24) is 4.98 Å². The van der Waals surface area contributed by atoms with Crippen LogP contribution < -0.4 is 15.6 Å². The van der Waals surface area contributed by atoms with Crippen LogP contribution in [0.25, 0.3) is 10.9 Å². The molecule has 0 fully saturated rings. The van der Waals surface area contributed by atoms with Gasteiger partial charge in [0.25, 0.3) is 5.56 Å². The normalized spacial score (nSPS) is 13.4. The van der Waals surface area contributed by atoms with Crippen molar-refractivity contribution >= 4 is 29.0 Å². The molecule has 0 atom stereocenters. The van der Waals surface area contributed by atoms with Crippen LogP contribution in [0.4, 0.5) is 5.69 Å². The lowest BCUT2D eigenvalue weighted by atomic mass is 10.0. The summed E-state index contributed by atoms with van der Waals surface area (Å²) in [6, 6.07) is 5.69. The molecule has 96 valence electrons. The minimum absolute atomic E-state index is 0. The second-order valence-corrected chi connectivity index (χ2v) is 4.22. The van der Waals surface area contributed by atoms with E-state index in [4.69, 9.17) is 4.74 Å². The van der Waals surface area contributed by atoms with E-state index in [0.717, 1.165) is 47.3 Å². The number of anilines is 1. The Morgan fingerprint density at radius 2 is 2.17 bits per heavy atom. The topological polar surface area (TPSA) is 54.1 Å². The van der Waals surface area contributed by atoms with Gasteiger partial charge in [-0.2, -0.15) is 0 Å². The van der Waals surface area contributed by atoms with Crippen LogP contribution in [0.2, 0.25) is 0 Å². The molecule has 5 heteroatoms. The zero-order chi connectivity index (χ0) is 11.8. The Morgan fingerprint density at radius 1 is 1.33 bits per heavy atom. The fraction of sp³-hybridized carbons (Fsp3) is 0.308. The molecule has 3 rings (SSSR count). The van der Waals surface area contributed by atoms with Crippen molar-refractivity contribution in [2.45, 2.75) is 12.8 Å². The molecule has 1 aromatic carbocycles. The van der Waals surface area contributed by atoms with E-state index in [-0.39, 0.29) is 18.0 Å². The first-order chi connectivity index (χ1) is 8.31. The van der Waals surface area contributed by atoms with Crippen LogP contribution in [0.15, 0.2) is 23.0 Å². The van der Waals surface area contributed by atoms with Gasteiger partial charge in [-0.05, 0) is 25.0 Å². The highest BCUT2D eigenvalue weighted by Crippen LogP contribution is 2.33. The molecule has 1 aliphatic rings. The molecule has 2 heterocycles. The number of fused-ring (bicyclic) bond motifs is 3. The quantitative estimate of drug-likeness (QED) is 0.833. The predicted molar refractivity (Wildman–Crippen MR) is 75.2 cm³/mol. The maximum atomic E-state index is 11.9. The van der Waals surface area contributed by atoms with E-state index in [1.807, 2.05) is 18.2 Å². The molecule has 0 amide bonds. The van der Waals surface area contributed by atoms with Gasteiger partial charge >= 0.3 is 0 Å². The molecule has 1 aliphatic heterocycles. The van der Waals surface area contributed by atoms with Crippen LogP contribution in [0, 0.1) is 0 Å². The van der Waals surface area contributed by atoms with Gasteiger partial charge in [-0.15, -0.1) is 12.4 Å². The minimum atomic E-state index is 0. The summed E-state index contributed by atoms with van der Waals surface area (Å²) in [4.78, 5) is 14.9. The summed E-state index contributed by atoms with van der Waals surface area (Å²) < 4.78 is 5.37. The molecule has 0 aliphatic carbocycles. The van der Waals surface area contributed by atoms with E-state index in [1.54, 1.807) is 7.11 Å². The van der Waals surface area contributed by atoms with Crippen molar-refractivity contribution in [3.63, 3.8) is 0 Å². The number of H-pyrrole nitrogens is 1. The number of rotatable bonds is 1. The van der Waals surface area contributed by atoms with Crippen LogP contribution in [-0.4, -0.2) is 18.6 Å². The molecule has 0 spiro atoms. The van der Waals surface area contributed by atoms with Gasteiger partial charge in [0.2, 0.25) is 0 Å². The van der Waals surface area contributed by atoms with Crippen molar-refractivity contribution in [3.05, 3.63) is 34.1 Å². The van der Waals surface area contributed by atoms with Crippen molar-refractivity contribution < 1.29 is 4.74 Å². The Hall–Kier alpha value is -1.68. The summed E-state index contributed by atoms with van der Waals surface area (Å²) in [5.74, 6) is 0.796. The van der Waals surface area contributed by atoms with E-state index >= 15 is 0 Å². The van der Waals surface area contributed by atoms with Crippen LogP contribution >= 0.6 is 12.4 Å². The number of ether oxygens (including phenoxy) is 1. The molecule has 18 heavy (non-hydrogen) atoms. The first kappa shape index (κ1) is 12.8. The number of aromatic amines is 1. The average Bonchev–Trinajstić information content (AvgIpc) is 2.38. The molecule has 0 saturated carbocycles. The third-order valence-electron chi connectivity index (χ3n) is 3.23. The number of methoxy groups -OCH3 is 1. The Labute approximate surface area is 111 Å². The van der Waals surface area contributed by atoms with Crippen LogP contribution in [-0.2, 0) is 6.42 Å². The van der Waals surface area contributed by atoms with Crippen molar-refractivity contribution in [1.29, 1.82) is 0 Å². The summed E-state index contributed by atoms with van der Waals surface area (Å²) in [7, 11) is 1.65. The smallest absolute Gasteiger partial charge is 0.253 e. The monoisotopic (exact) mass is 266 g/mol.